The van der Waals surface area contributed by atoms with Crippen LogP contribution in [-0.4, -0.2) is 25.0 Å². The van der Waals surface area contributed by atoms with Gasteiger partial charge in [-0.2, -0.15) is 0 Å². The molecule has 0 aliphatic heterocycles. The number of fused-ring (bicyclic) bond motifs is 1. The molecule has 0 saturated heterocycles. The van der Waals surface area contributed by atoms with Gasteiger partial charge in [0.1, 0.15) is 11.3 Å². The maximum atomic E-state index is 12.3. The van der Waals surface area contributed by atoms with E-state index in [9.17, 15) is 19.5 Å². The predicted octanol–water partition coefficient (Wildman–Crippen LogP) is 0.606. The van der Waals surface area contributed by atoms with Crippen LogP contribution in [0.3, 0.4) is 0 Å². The van der Waals surface area contributed by atoms with Crippen molar-refractivity contribution in [1.29, 1.82) is 0 Å². The molecule has 134 valence electrons. The predicted molar refractivity (Wildman–Crippen MR) is 89.4 cm³/mol. The largest absolute Gasteiger partial charge is 0.548 e. The van der Waals surface area contributed by atoms with Crippen LogP contribution in [0.5, 0.6) is 5.75 Å². The molecule has 0 aliphatic rings. The lowest BCUT2D eigenvalue weighted by atomic mass is 10.0. The van der Waals surface area contributed by atoms with E-state index in [0.717, 1.165) is 0 Å². The Morgan fingerprint density at radius 3 is 2.52 bits per heavy atom. The number of hydrogen-bond donors (Lipinski definition) is 1. The van der Waals surface area contributed by atoms with Gasteiger partial charge in [0.05, 0.1) is 31.1 Å². The van der Waals surface area contributed by atoms with Crippen molar-refractivity contribution in [3.05, 3.63) is 39.2 Å². The highest BCUT2D eigenvalue weighted by Gasteiger charge is 2.19. The van der Waals surface area contributed by atoms with Gasteiger partial charge in [-0.1, -0.05) is 6.92 Å². The van der Waals surface area contributed by atoms with Crippen LogP contribution in [0.25, 0.3) is 11.0 Å². The quantitative estimate of drug-likeness (QED) is 0.768. The van der Waals surface area contributed by atoms with E-state index in [4.69, 9.17) is 9.15 Å². The average molecular weight is 346 g/mol. The van der Waals surface area contributed by atoms with Gasteiger partial charge in [-0.15, -0.1) is 0 Å². The van der Waals surface area contributed by atoms with Gasteiger partial charge in [-0.25, -0.2) is 4.79 Å². The molecule has 1 atom stereocenters. The number of aryl methyl sites for hydroxylation is 2. The molecule has 2 rings (SSSR count). The third kappa shape index (κ3) is 3.65. The van der Waals surface area contributed by atoms with Gasteiger partial charge in [0.25, 0.3) is 0 Å². The summed E-state index contributed by atoms with van der Waals surface area (Å²) in [5.74, 6) is -1.34. The van der Waals surface area contributed by atoms with Crippen molar-refractivity contribution in [1.82, 2.24) is 5.32 Å². The lowest BCUT2D eigenvalue weighted by molar-refractivity contribution is -0.308. The summed E-state index contributed by atoms with van der Waals surface area (Å²) in [6, 6.07) is 2.43. The van der Waals surface area contributed by atoms with Gasteiger partial charge in [0, 0.05) is 10.9 Å². The number of ether oxygens (including phenoxy) is 1. The molecule has 7 nitrogen and oxygen atoms in total. The molecule has 0 bridgehead atoms. The molecule has 1 aromatic carbocycles. The third-order valence-corrected chi connectivity index (χ3v) is 4.24. The summed E-state index contributed by atoms with van der Waals surface area (Å²) in [6.45, 7) is 5.12. The summed E-state index contributed by atoms with van der Waals surface area (Å²) in [5, 5.41) is 14.0. The minimum Gasteiger partial charge on any atom is -0.548 e. The van der Waals surface area contributed by atoms with Crippen LogP contribution < -0.4 is 20.8 Å². The number of nitrogens with one attached hydrogen (secondary N) is 1. The second-order valence-electron chi connectivity index (χ2n) is 5.79. The maximum absolute atomic E-state index is 12.3. The fourth-order valence-corrected chi connectivity index (χ4v) is 2.73. The van der Waals surface area contributed by atoms with Crippen LogP contribution in [0.1, 0.15) is 30.0 Å². The Bertz CT molecular complexity index is 883. The summed E-state index contributed by atoms with van der Waals surface area (Å²) in [4.78, 5) is 35.3. The number of benzene rings is 1. The first-order valence-electron chi connectivity index (χ1n) is 7.90. The zero-order chi connectivity index (χ0) is 18.7. The highest BCUT2D eigenvalue weighted by molar-refractivity contribution is 5.88. The van der Waals surface area contributed by atoms with E-state index in [1.54, 1.807) is 32.9 Å². The van der Waals surface area contributed by atoms with Crippen molar-refractivity contribution >= 4 is 22.8 Å². The number of carbonyl (C=O) groups excluding carboxylic acids is 2. The normalized spacial score (nSPS) is 12.0. The standard InChI is InChI=1S/C18H21NO6/c1-5-13(17(21)22)19-15(20)8-12-9(2)11-6-7-14(24-4)10(3)16(11)25-18(12)23/h6-7,13H,5,8H2,1-4H3,(H,19,20)(H,21,22)/p-1/t13-/m0/s1. The summed E-state index contributed by atoms with van der Waals surface area (Å²) in [7, 11) is 1.53. The molecular formula is C18H20NO6-. The molecule has 0 unspecified atom stereocenters. The number of carboxylic acids is 1. The molecule has 25 heavy (non-hydrogen) atoms. The summed E-state index contributed by atoms with van der Waals surface area (Å²) >= 11 is 0. The molecule has 7 heteroatoms. The van der Waals surface area contributed by atoms with Gasteiger partial charge in [0.2, 0.25) is 5.91 Å². The monoisotopic (exact) mass is 346 g/mol. The van der Waals surface area contributed by atoms with Gasteiger partial charge < -0.3 is 24.4 Å². The van der Waals surface area contributed by atoms with Crippen molar-refractivity contribution in [2.45, 2.75) is 39.7 Å². The molecule has 0 radical (unpaired) electrons. The van der Waals surface area contributed by atoms with Crippen molar-refractivity contribution in [3.8, 4) is 5.75 Å². The lowest BCUT2D eigenvalue weighted by Crippen LogP contribution is -2.48. The number of methoxy groups -OCH3 is 1. The molecule has 1 aromatic heterocycles. The number of aliphatic carboxylic acids is 1. The number of rotatable bonds is 6. The highest BCUT2D eigenvalue weighted by atomic mass is 16.5. The Kier molecular flexibility index (Phi) is 5.46. The van der Waals surface area contributed by atoms with Crippen LogP contribution in [0, 0.1) is 13.8 Å². The Labute approximate surface area is 144 Å². The van der Waals surface area contributed by atoms with Crippen molar-refractivity contribution in [2.75, 3.05) is 7.11 Å². The SMILES string of the molecule is CC[C@H](NC(=O)Cc1c(C)c2ccc(OC)c(C)c2oc1=O)C(=O)[O-]. The first-order chi connectivity index (χ1) is 11.8. The first-order valence-corrected chi connectivity index (χ1v) is 7.90. The zero-order valence-electron chi connectivity index (χ0n) is 14.6. The van der Waals surface area contributed by atoms with Crippen molar-refractivity contribution in [2.24, 2.45) is 0 Å². The van der Waals surface area contributed by atoms with Gasteiger partial charge >= 0.3 is 5.63 Å². The minimum atomic E-state index is -1.36. The fourth-order valence-electron chi connectivity index (χ4n) is 2.73. The molecule has 0 saturated carbocycles. The Morgan fingerprint density at radius 2 is 1.96 bits per heavy atom. The van der Waals surface area contributed by atoms with Gasteiger partial charge in [0.15, 0.2) is 0 Å². The zero-order valence-corrected chi connectivity index (χ0v) is 14.6. The van der Waals surface area contributed by atoms with E-state index in [2.05, 4.69) is 5.32 Å². The second kappa shape index (κ2) is 7.38. The molecule has 0 fully saturated rings. The molecular weight excluding hydrogens is 326 g/mol. The number of carboxylic acid groups (broad SMARTS) is 1. The summed E-state index contributed by atoms with van der Waals surface area (Å²) < 4.78 is 10.6. The van der Waals surface area contributed by atoms with Crippen LogP contribution in [-0.2, 0) is 16.0 Å². The molecule has 1 amide bonds. The second-order valence-corrected chi connectivity index (χ2v) is 5.79. The van der Waals surface area contributed by atoms with Crippen molar-refractivity contribution in [3.63, 3.8) is 0 Å². The third-order valence-electron chi connectivity index (χ3n) is 4.24. The van der Waals surface area contributed by atoms with E-state index < -0.39 is 23.5 Å². The van der Waals surface area contributed by atoms with Crippen LogP contribution in [0.15, 0.2) is 21.3 Å². The highest BCUT2D eigenvalue weighted by Crippen LogP contribution is 2.29. The molecule has 1 N–H and O–H groups in total. The van der Waals surface area contributed by atoms with E-state index in [-0.39, 0.29) is 18.4 Å². The topological polar surface area (TPSA) is 109 Å². The van der Waals surface area contributed by atoms with E-state index >= 15 is 0 Å². The summed E-state index contributed by atoms with van der Waals surface area (Å²) in [5.41, 5.74) is 1.29. The van der Waals surface area contributed by atoms with E-state index in [1.807, 2.05) is 0 Å². The minimum absolute atomic E-state index is 0.193. The van der Waals surface area contributed by atoms with Crippen LogP contribution >= 0.6 is 0 Å². The van der Waals surface area contributed by atoms with E-state index in [1.165, 1.54) is 7.11 Å². The molecule has 2 aromatic rings. The Hall–Kier alpha value is -2.83. The molecule has 0 aliphatic carbocycles. The number of hydrogen-bond acceptors (Lipinski definition) is 6. The molecule has 1 heterocycles. The smallest absolute Gasteiger partial charge is 0.340 e. The Morgan fingerprint density at radius 1 is 1.28 bits per heavy atom. The van der Waals surface area contributed by atoms with E-state index in [0.29, 0.717) is 27.8 Å². The van der Waals surface area contributed by atoms with Gasteiger partial charge in [-0.05, 0) is 38.0 Å². The lowest BCUT2D eigenvalue weighted by Gasteiger charge is -2.18. The number of carbonyl (C=O) groups is 2. The Balaban J connectivity index is 2.41. The van der Waals surface area contributed by atoms with Crippen LogP contribution in [0.2, 0.25) is 0 Å². The molecule has 0 spiro atoms. The van der Waals surface area contributed by atoms with Crippen molar-refractivity contribution < 1.29 is 23.8 Å². The van der Waals surface area contributed by atoms with Gasteiger partial charge in [-0.3, -0.25) is 4.79 Å². The maximum Gasteiger partial charge on any atom is 0.340 e. The van der Waals surface area contributed by atoms with Crippen LogP contribution in [0.4, 0.5) is 0 Å². The number of amides is 1. The summed E-state index contributed by atoms with van der Waals surface area (Å²) in [6.07, 6.45) is -0.0721. The fraction of sp³-hybridized carbons (Fsp3) is 0.389. The average Bonchev–Trinajstić information content (AvgIpc) is 2.57. The first kappa shape index (κ1) is 18.5.